The van der Waals surface area contributed by atoms with E-state index < -0.39 is 6.10 Å². The Bertz CT molecular complexity index is 542. The zero-order chi connectivity index (χ0) is 14.9. The van der Waals surface area contributed by atoms with Crippen LogP contribution in [0.3, 0.4) is 0 Å². The molecule has 2 rings (SSSR count). The third-order valence-corrected chi connectivity index (χ3v) is 2.98. The summed E-state index contributed by atoms with van der Waals surface area (Å²) in [5, 5.41) is 5.46. The number of anilines is 2. The number of amides is 3. The fourth-order valence-electron chi connectivity index (χ4n) is 2.02. The van der Waals surface area contributed by atoms with E-state index in [1.54, 1.807) is 32.2 Å². The van der Waals surface area contributed by atoms with Gasteiger partial charge in [-0.05, 0) is 39.0 Å². The van der Waals surface area contributed by atoms with E-state index in [9.17, 15) is 9.59 Å². The van der Waals surface area contributed by atoms with Crippen molar-refractivity contribution in [2.45, 2.75) is 32.9 Å². The van der Waals surface area contributed by atoms with Crippen molar-refractivity contribution in [3.05, 3.63) is 18.2 Å². The Labute approximate surface area is 118 Å². The molecule has 1 heterocycles. The number of ether oxygens (including phenoxy) is 1. The molecule has 1 aliphatic heterocycles. The van der Waals surface area contributed by atoms with E-state index in [2.05, 4.69) is 10.6 Å². The van der Waals surface area contributed by atoms with E-state index in [0.29, 0.717) is 17.1 Å². The van der Waals surface area contributed by atoms with E-state index in [4.69, 9.17) is 4.74 Å². The predicted octanol–water partition coefficient (Wildman–Crippen LogP) is 1.96. The first-order valence-electron chi connectivity index (χ1n) is 6.54. The van der Waals surface area contributed by atoms with Gasteiger partial charge in [-0.25, -0.2) is 4.79 Å². The largest absolute Gasteiger partial charge is 0.479 e. The average Bonchev–Trinajstić information content (AvgIpc) is 2.36. The van der Waals surface area contributed by atoms with Crippen LogP contribution < -0.4 is 20.3 Å². The zero-order valence-corrected chi connectivity index (χ0v) is 12.1. The lowest BCUT2D eigenvalue weighted by Gasteiger charge is -2.30. The van der Waals surface area contributed by atoms with Crippen molar-refractivity contribution in [3.8, 4) is 5.75 Å². The lowest BCUT2D eigenvalue weighted by Crippen LogP contribution is -2.42. The van der Waals surface area contributed by atoms with Crippen molar-refractivity contribution in [1.29, 1.82) is 0 Å². The molecule has 0 aromatic heterocycles. The number of hydrogen-bond acceptors (Lipinski definition) is 3. The summed E-state index contributed by atoms with van der Waals surface area (Å²) in [6, 6.07) is 4.99. The van der Waals surface area contributed by atoms with Crippen LogP contribution in [-0.4, -0.2) is 31.1 Å². The first kappa shape index (κ1) is 14.2. The van der Waals surface area contributed by atoms with Crippen LogP contribution in [0.4, 0.5) is 16.2 Å². The molecule has 2 N–H and O–H groups in total. The van der Waals surface area contributed by atoms with E-state index in [1.807, 2.05) is 13.8 Å². The fourth-order valence-corrected chi connectivity index (χ4v) is 2.02. The Kier molecular flexibility index (Phi) is 3.83. The molecule has 0 radical (unpaired) electrons. The molecule has 108 valence electrons. The molecular weight excluding hydrogens is 258 g/mol. The normalized spacial score (nSPS) is 17.6. The van der Waals surface area contributed by atoms with Crippen molar-refractivity contribution < 1.29 is 14.3 Å². The van der Waals surface area contributed by atoms with Crippen molar-refractivity contribution in [2.24, 2.45) is 0 Å². The molecule has 0 saturated heterocycles. The molecule has 6 nitrogen and oxygen atoms in total. The maximum atomic E-state index is 11.9. The van der Waals surface area contributed by atoms with Gasteiger partial charge in [0, 0.05) is 18.8 Å². The van der Waals surface area contributed by atoms with Crippen molar-refractivity contribution in [1.82, 2.24) is 5.32 Å². The second-order valence-electron chi connectivity index (χ2n) is 5.09. The van der Waals surface area contributed by atoms with Gasteiger partial charge in [0.25, 0.3) is 5.91 Å². The zero-order valence-electron chi connectivity index (χ0n) is 12.1. The lowest BCUT2D eigenvalue weighted by atomic mass is 10.2. The number of nitrogens with zero attached hydrogens (tertiary/aromatic N) is 1. The van der Waals surface area contributed by atoms with Gasteiger partial charge in [-0.2, -0.15) is 0 Å². The molecule has 1 atom stereocenters. The van der Waals surface area contributed by atoms with Gasteiger partial charge in [0.15, 0.2) is 6.10 Å². The molecule has 1 aromatic carbocycles. The molecule has 6 heteroatoms. The number of hydrogen-bond donors (Lipinski definition) is 2. The topological polar surface area (TPSA) is 70.7 Å². The standard InChI is InChI=1S/C14H19N3O3/c1-8(2)15-14(19)16-10-5-6-12-11(7-10)17(4)13(18)9(3)20-12/h5-9H,1-4H3,(H2,15,16,19). The van der Waals surface area contributed by atoms with Gasteiger partial charge in [-0.1, -0.05) is 0 Å². The van der Waals surface area contributed by atoms with Crippen LogP contribution in [0.2, 0.25) is 0 Å². The third-order valence-electron chi connectivity index (χ3n) is 2.98. The molecule has 1 aromatic rings. The highest BCUT2D eigenvalue weighted by molar-refractivity contribution is 6.00. The molecule has 0 bridgehead atoms. The van der Waals surface area contributed by atoms with Crippen LogP contribution in [0, 0.1) is 0 Å². The van der Waals surface area contributed by atoms with Gasteiger partial charge < -0.3 is 20.3 Å². The number of carbonyl (C=O) groups is 2. The van der Waals surface area contributed by atoms with Gasteiger partial charge in [0.2, 0.25) is 0 Å². The highest BCUT2D eigenvalue weighted by atomic mass is 16.5. The number of benzene rings is 1. The number of rotatable bonds is 2. The minimum atomic E-state index is -0.490. The summed E-state index contributed by atoms with van der Waals surface area (Å²) in [4.78, 5) is 25.1. The summed E-state index contributed by atoms with van der Waals surface area (Å²) < 4.78 is 5.52. The molecule has 0 fully saturated rings. The van der Waals surface area contributed by atoms with Crippen LogP contribution in [0.1, 0.15) is 20.8 Å². The number of carbonyl (C=O) groups excluding carboxylic acids is 2. The SMILES string of the molecule is CC(C)NC(=O)Nc1ccc2c(c1)N(C)C(=O)C(C)O2. The van der Waals surface area contributed by atoms with Crippen LogP contribution in [0.15, 0.2) is 18.2 Å². The summed E-state index contributed by atoms with van der Waals surface area (Å²) in [6.07, 6.45) is -0.490. The first-order chi connectivity index (χ1) is 9.38. The molecule has 1 unspecified atom stereocenters. The van der Waals surface area contributed by atoms with Crippen LogP contribution in [0.25, 0.3) is 0 Å². The molecule has 0 aliphatic carbocycles. The first-order valence-corrected chi connectivity index (χ1v) is 6.54. The minimum Gasteiger partial charge on any atom is -0.479 e. The predicted molar refractivity (Wildman–Crippen MR) is 77.2 cm³/mol. The van der Waals surface area contributed by atoms with Crippen LogP contribution in [0.5, 0.6) is 5.75 Å². The number of urea groups is 1. The van der Waals surface area contributed by atoms with Crippen LogP contribution in [-0.2, 0) is 4.79 Å². The van der Waals surface area contributed by atoms with Crippen molar-refractivity contribution in [3.63, 3.8) is 0 Å². The second kappa shape index (κ2) is 5.40. The van der Waals surface area contributed by atoms with Gasteiger partial charge in [0.05, 0.1) is 5.69 Å². The Morgan fingerprint density at radius 2 is 2.10 bits per heavy atom. The Balaban J connectivity index is 2.19. The Morgan fingerprint density at radius 1 is 1.40 bits per heavy atom. The van der Waals surface area contributed by atoms with Gasteiger partial charge in [-0.3, -0.25) is 4.79 Å². The number of nitrogens with one attached hydrogen (secondary N) is 2. The summed E-state index contributed by atoms with van der Waals surface area (Å²) in [7, 11) is 1.69. The average molecular weight is 277 g/mol. The van der Waals surface area contributed by atoms with E-state index in [1.165, 1.54) is 4.90 Å². The van der Waals surface area contributed by atoms with E-state index in [-0.39, 0.29) is 18.0 Å². The molecule has 0 spiro atoms. The fraction of sp³-hybridized carbons (Fsp3) is 0.429. The summed E-state index contributed by atoms with van der Waals surface area (Å²) >= 11 is 0. The number of likely N-dealkylation sites (N-methyl/N-ethyl adjacent to an activating group) is 1. The minimum absolute atomic E-state index is 0.0565. The summed E-state index contributed by atoms with van der Waals surface area (Å²) in [5.41, 5.74) is 1.26. The van der Waals surface area contributed by atoms with E-state index in [0.717, 1.165) is 0 Å². The quantitative estimate of drug-likeness (QED) is 0.868. The Morgan fingerprint density at radius 3 is 2.75 bits per heavy atom. The second-order valence-corrected chi connectivity index (χ2v) is 5.09. The number of fused-ring (bicyclic) bond motifs is 1. The molecular formula is C14H19N3O3. The van der Waals surface area contributed by atoms with Crippen molar-refractivity contribution in [2.75, 3.05) is 17.3 Å². The lowest BCUT2D eigenvalue weighted by molar-refractivity contribution is -0.125. The molecule has 3 amide bonds. The maximum Gasteiger partial charge on any atom is 0.319 e. The molecule has 1 aliphatic rings. The molecule has 0 saturated carbocycles. The van der Waals surface area contributed by atoms with Gasteiger partial charge in [-0.15, -0.1) is 0 Å². The van der Waals surface area contributed by atoms with E-state index >= 15 is 0 Å². The molecule has 20 heavy (non-hydrogen) atoms. The summed E-state index contributed by atoms with van der Waals surface area (Å²) in [6.45, 7) is 5.48. The van der Waals surface area contributed by atoms with Gasteiger partial charge in [0.1, 0.15) is 5.75 Å². The van der Waals surface area contributed by atoms with Gasteiger partial charge >= 0.3 is 6.03 Å². The smallest absolute Gasteiger partial charge is 0.319 e. The van der Waals surface area contributed by atoms with Crippen molar-refractivity contribution >= 4 is 23.3 Å². The highest BCUT2D eigenvalue weighted by Crippen LogP contribution is 2.35. The van der Waals surface area contributed by atoms with Crippen LogP contribution >= 0.6 is 0 Å². The third kappa shape index (κ3) is 2.84. The Hall–Kier alpha value is -2.24. The monoisotopic (exact) mass is 277 g/mol. The maximum absolute atomic E-state index is 11.9. The summed E-state index contributed by atoms with van der Waals surface area (Å²) in [5.74, 6) is 0.524. The highest BCUT2D eigenvalue weighted by Gasteiger charge is 2.28.